The van der Waals surface area contributed by atoms with Gasteiger partial charge >= 0.3 is 0 Å². The van der Waals surface area contributed by atoms with Crippen LogP contribution in [0.25, 0.3) is 45.6 Å². The highest BCUT2D eigenvalue weighted by atomic mass is 16.3. The van der Waals surface area contributed by atoms with Crippen LogP contribution in [0.15, 0.2) is 112 Å². The molecule has 1 aliphatic rings. The standard InChI is InChI=1S/C33H24N4O3/c1-3-36-32(38)27(21(2)28(20-34)33(36)39)18-26-19-29-30(37(26)25-12-8-5-9-13-25)35-31(40-29)24-16-14-23(15-17-24)22-10-6-4-7-11-22/h4-19H,3H2,1-2H3/b27-18-. The van der Waals surface area contributed by atoms with E-state index in [1.54, 1.807) is 19.9 Å². The fraction of sp³-hybridized carbons (Fsp3) is 0.0909. The minimum absolute atomic E-state index is 0.0337. The summed E-state index contributed by atoms with van der Waals surface area (Å²) in [6, 6.07) is 31.6. The highest BCUT2D eigenvalue weighted by molar-refractivity contribution is 6.19. The molecule has 7 nitrogen and oxygen atoms in total. The Kier molecular flexibility index (Phi) is 6.21. The van der Waals surface area contributed by atoms with E-state index in [4.69, 9.17) is 9.40 Å². The molecule has 3 aromatic carbocycles. The highest BCUT2D eigenvalue weighted by Gasteiger charge is 2.34. The Hall–Kier alpha value is -5.48. The molecule has 0 bridgehead atoms. The Morgan fingerprint density at radius 2 is 1.50 bits per heavy atom. The van der Waals surface area contributed by atoms with Gasteiger partial charge in [0, 0.05) is 29.4 Å². The number of hydrogen-bond acceptors (Lipinski definition) is 5. The monoisotopic (exact) mass is 524 g/mol. The molecule has 0 saturated heterocycles. The van der Waals surface area contributed by atoms with Gasteiger partial charge in [-0.05, 0) is 60.9 Å². The van der Waals surface area contributed by atoms with Crippen LogP contribution in [0.1, 0.15) is 19.5 Å². The van der Waals surface area contributed by atoms with Crippen LogP contribution in [0.3, 0.4) is 0 Å². The molecule has 0 radical (unpaired) electrons. The molecule has 6 rings (SSSR count). The maximum absolute atomic E-state index is 13.3. The van der Waals surface area contributed by atoms with Gasteiger partial charge in [-0.15, -0.1) is 0 Å². The Balaban J connectivity index is 1.48. The van der Waals surface area contributed by atoms with Gasteiger partial charge in [-0.3, -0.25) is 19.1 Å². The van der Waals surface area contributed by atoms with Gasteiger partial charge in [0.2, 0.25) is 5.89 Å². The lowest BCUT2D eigenvalue weighted by Gasteiger charge is -2.26. The number of carbonyl (C=O) groups is 2. The number of fused-ring (bicyclic) bond motifs is 1. The third-order valence-corrected chi connectivity index (χ3v) is 7.07. The molecular formula is C33H24N4O3. The van der Waals surface area contributed by atoms with Crippen LogP contribution in [-0.4, -0.2) is 32.8 Å². The molecule has 5 aromatic rings. The molecule has 194 valence electrons. The van der Waals surface area contributed by atoms with Crippen LogP contribution in [0.2, 0.25) is 0 Å². The second kappa shape index (κ2) is 10.0. The lowest BCUT2D eigenvalue weighted by molar-refractivity contribution is -0.140. The first-order chi connectivity index (χ1) is 19.5. The SMILES string of the molecule is CCN1C(=O)C(C#N)=C(C)/C(=C/c2cc3oc(-c4ccc(-c5ccccc5)cc4)nc3n2-c2ccccc2)C1=O. The lowest BCUT2D eigenvalue weighted by atomic mass is 9.94. The lowest BCUT2D eigenvalue weighted by Crippen LogP contribution is -2.42. The minimum Gasteiger partial charge on any atom is -0.434 e. The van der Waals surface area contributed by atoms with Gasteiger partial charge in [0.1, 0.15) is 11.6 Å². The van der Waals surface area contributed by atoms with Crippen molar-refractivity contribution in [3.05, 3.63) is 113 Å². The normalized spacial score (nSPS) is 14.8. The molecule has 0 N–H and O–H groups in total. The van der Waals surface area contributed by atoms with E-state index in [0.717, 1.165) is 27.3 Å². The number of oxazole rings is 1. The number of rotatable bonds is 5. The largest absolute Gasteiger partial charge is 0.434 e. The summed E-state index contributed by atoms with van der Waals surface area (Å²) in [5.74, 6) is -0.525. The molecule has 1 aliphatic heterocycles. The molecule has 2 amide bonds. The number of likely N-dealkylation sites (N-methyl/N-ethyl adjacent to an activating group) is 1. The minimum atomic E-state index is -0.568. The van der Waals surface area contributed by atoms with Crippen molar-refractivity contribution >= 4 is 29.1 Å². The predicted molar refractivity (Wildman–Crippen MR) is 153 cm³/mol. The second-order valence-electron chi connectivity index (χ2n) is 9.41. The van der Waals surface area contributed by atoms with Gasteiger partial charge in [-0.2, -0.15) is 10.2 Å². The van der Waals surface area contributed by atoms with Crippen LogP contribution in [0.4, 0.5) is 0 Å². The van der Waals surface area contributed by atoms with Crippen LogP contribution < -0.4 is 0 Å². The maximum Gasteiger partial charge on any atom is 0.271 e. The number of amides is 2. The molecule has 0 atom stereocenters. The van der Waals surface area contributed by atoms with E-state index < -0.39 is 11.8 Å². The molecule has 0 fully saturated rings. The van der Waals surface area contributed by atoms with Crippen molar-refractivity contribution in [1.82, 2.24) is 14.5 Å². The Morgan fingerprint density at radius 3 is 2.15 bits per heavy atom. The number of hydrogen-bond donors (Lipinski definition) is 0. The molecule has 0 spiro atoms. The molecule has 3 heterocycles. The van der Waals surface area contributed by atoms with Crippen molar-refractivity contribution in [1.29, 1.82) is 5.26 Å². The Labute approximate surface area is 230 Å². The van der Waals surface area contributed by atoms with Crippen LogP contribution in [-0.2, 0) is 9.59 Å². The Morgan fingerprint density at radius 1 is 0.875 bits per heavy atom. The fourth-order valence-electron chi connectivity index (χ4n) is 4.98. The van der Waals surface area contributed by atoms with Crippen molar-refractivity contribution < 1.29 is 14.0 Å². The molecule has 40 heavy (non-hydrogen) atoms. The number of benzene rings is 3. The van der Waals surface area contributed by atoms with Crippen molar-refractivity contribution in [3.63, 3.8) is 0 Å². The molecule has 0 aliphatic carbocycles. The molecule has 7 heteroatoms. The van der Waals surface area contributed by atoms with Crippen molar-refractivity contribution in [2.45, 2.75) is 13.8 Å². The van der Waals surface area contributed by atoms with Crippen LogP contribution in [0, 0.1) is 11.3 Å². The average Bonchev–Trinajstić information content (AvgIpc) is 3.54. The van der Waals surface area contributed by atoms with Crippen molar-refractivity contribution in [2.75, 3.05) is 6.54 Å². The summed E-state index contributed by atoms with van der Waals surface area (Å²) in [7, 11) is 0. The summed E-state index contributed by atoms with van der Waals surface area (Å²) >= 11 is 0. The van der Waals surface area contributed by atoms with E-state index in [9.17, 15) is 14.9 Å². The molecular weight excluding hydrogens is 500 g/mol. The number of imide groups is 1. The zero-order valence-corrected chi connectivity index (χ0v) is 22.0. The summed E-state index contributed by atoms with van der Waals surface area (Å²) in [4.78, 5) is 31.8. The van der Waals surface area contributed by atoms with Gasteiger partial charge in [-0.1, -0.05) is 60.7 Å². The van der Waals surface area contributed by atoms with Crippen molar-refractivity contribution in [3.8, 4) is 34.3 Å². The van der Waals surface area contributed by atoms with Gasteiger partial charge in [0.05, 0.1) is 5.69 Å². The summed E-state index contributed by atoms with van der Waals surface area (Å²) in [6.45, 7) is 3.51. The van der Waals surface area contributed by atoms with Crippen LogP contribution >= 0.6 is 0 Å². The van der Waals surface area contributed by atoms with E-state index in [2.05, 4.69) is 12.1 Å². The molecule has 0 saturated carbocycles. The van der Waals surface area contributed by atoms with E-state index in [1.165, 1.54) is 0 Å². The van der Waals surface area contributed by atoms with E-state index in [1.807, 2.05) is 89.5 Å². The first kappa shape index (κ1) is 24.8. The van der Waals surface area contributed by atoms with E-state index in [-0.39, 0.29) is 17.7 Å². The predicted octanol–water partition coefficient (Wildman–Crippen LogP) is 6.56. The van der Waals surface area contributed by atoms with Gasteiger partial charge in [0.25, 0.3) is 11.8 Å². The first-order valence-electron chi connectivity index (χ1n) is 12.9. The molecule has 2 aromatic heterocycles. The summed E-state index contributed by atoms with van der Waals surface area (Å²) < 4.78 is 8.12. The smallest absolute Gasteiger partial charge is 0.271 e. The van der Waals surface area contributed by atoms with E-state index >= 15 is 0 Å². The summed E-state index contributed by atoms with van der Waals surface area (Å²) in [5, 5.41) is 9.63. The third kappa shape index (κ3) is 4.12. The summed E-state index contributed by atoms with van der Waals surface area (Å²) in [6.07, 6.45) is 1.70. The zero-order valence-electron chi connectivity index (χ0n) is 22.0. The first-order valence-corrected chi connectivity index (χ1v) is 12.9. The average molecular weight is 525 g/mol. The number of nitriles is 1. The highest BCUT2D eigenvalue weighted by Crippen LogP contribution is 2.33. The Bertz CT molecular complexity index is 1870. The van der Waals surface area contributed by atoms with Gasteiger partial charge in [-0.25, -0.2) is 0 Å². The number of aromatic nitrogens is 2. The van der Waals surface area contributed by atoms with Gasteiger partial charge < -0.3 is 4.42 Å². The van der Waals surface area contributed by atoms with Crippen LogP contribution in [0.5, 0.6) is 0 Å². The summed E-state index contributed by atoms with van der Waals surface area (Å²) in [5.41, 5.74) is 6.28. The van der Waals surface area contributed by atoms with E-state index in [0.29, 0.717) is 28.4 Å². The van der Waals surface area contributed by atoms with Gasteiger partial charge in [0.15, 0.2) is 11.2 Å². The number of nitrogens with zero attached hydrogens (tertiary/aromatic N) is 4. The zero-order chi connectivity index (χ0) is 27.8. The second-order valence-corrected chi connectivity index (χ2v) is 9.41. The molecule has 0 unspecified atom stereocenters. The quantitative estimate of drug-likeness (QED) is 0.192. The number of para-hydroxylation sites is 1. The fourth-order valence-corrected chi connectivity index (χ4v) is 4.98. The topological polar surface area (TPSA) is 92.1 Å². The van der Waals surface area contributed by atoms with Crippen molar-refractivity contribution in [2.24, 2.45) is 0 Å². The maximum atomic E-state index is 13.3. The number of carbonyl (C=O) groups excluding carboxylic acids is 2. The third-order valence-electron chi connectivity index (χ3n) is 7.07.